The van der Waals surface area contributed by atoms with Crippen molar-refractivity contribution in [3.8, 4) is 0 Å². The van der Waals surface area contributed by atoms with Crippen molar-refractivity contribution in [2.24, 2.45) is 39.9 Å². The van der Waals surface area contributed by atoms with E-state index in [1.54, 1.807) is 0 Å². The molecule has 1 N–H and O–H groups in total. The van der Waals surface area contributed by atoms with Crippen molar-refractivity contribution in [2.45, 2.75) is 77.4 Å². The normalized spacial score (nSPS) is 65.5. The molecule has 124 valence electrons. The van der Waals surface area contributed by atoms with Crippen LogP contribution in [0.4, 0.5) is 0 Å². The van der Waals surface area contributed by atoms with E-state index in [2.05, 4.69) is 13.8 Å². The van der Waals surface area contributed by atoms with Crippen molar-refractivity contribution in [1.82, 2.24) is 0 Å². The van der Waals surface area contributed by atoms with Gasteiger partial charge in [-0.05, 0) is 85.9 Å². The maximum Gasteiger partial charge on any atom is 0.0638 e. The first-order chi connectivity index (χ1) is 10.5. The van der Waals surface area contributed by atoms with Crippen LogP contribution >= 0.6 is 0 Å². The fourth-order valence-electron chi connectivity index (χ4n) is 8.55. The predicted molar refractivity (Wildman–Crippen MR) is 86.3 cm³/mol. The molecule has 5 aliphatic rings. The monoisotopic (exact) mass is 304 g/mol. The Balaban J connectivity index is 1.55. The number of rotatable bonds is 1. The number of hydrogen-bond donors (Lipinski definition) is 1. The third-order valence-electron chi connectivity index (χ3n) is 9.78. The van der Waals surface area contributed by atoms with E-state index < -0.39 is 0 Å². The molecular formula is C20H32O2. The summed E-state index contributed by atoms with van der Waals surface area (Å²) in [5.41, 5.74) is 1.26. The summed E-state index contributed by atoms with van der Waals surface area (Å²) in [6.07, 6.45) is 10.9. The highest BCUT2D eigenvalue weighted by Gasteiger charge is 2.77. The van der Waals surface area contributed by atoms with E-state index in [-0.39, 0.29) is 11.5 Å². The second-order valence-electron chi connectivity index (χ2n) is 9.87. The van der Waals surface area contributed by atoms with Gasteiger partial charge in [-0.1, -0.05) is 13.8 Å². The van der Waals surface area contributed by atoms with E-state index in [9.17, 15) is 5.11 Å². The molecule has 0 amide bonds. The molecule has 0 heterocycles. The van der Waals surface area contributed by atoms with Gasteiger partial charge in [0.2, 0.25) is 0 Å². The first kappa shape index (κ1) is 14.3. The second kappa shape index (κ2) is 4.11. The van der Waals surface area contributed by atoms with Gasteiger partial charge in [0.15, 0.2) is 0 Å². The zero-order valence-electron chi connectivity index (χ0n) is 14.5. The van der Waals surface area contributed by atoms with Gasteiger partial charge in [-0.2, -0.15) is 0 Å². The first-order valence-corrected chi connectivity index (χ1v) is 9.68. The van der Waals surface area contributed by atoms with Crippen molar-refractivity contribution in [3.05, 3.63) is 0 Å². The van der Waals surface area contributed by atoms with E-state index >= 15 is 0 Å². The van der Waals surface area contributed by atoms with Gasteiger partial charge < -0.3 is 9.84 Å². The molecule has 0 aromatic carbocycles. The average Bonchev–Trinajstić information content (AvgIpc) is 3.05. The maximum atomic E-state index is 10.6. The lowest BCUT2D eigenvalue weighted by Gasteiger charge is -2.60. The molecule has 0 saturated heterocycles. The van der Waals surface area contributed by atoms with E-state index in [0.29, 0.717) is 16.9 Å². The van der Waals surface area contributed by atoms with Crippen LogP contribution in [-0.4, -0.2) is 24.4 Å². The van der Waals surface area contributed by atoms with Gasteiger partial charge in [-0.3, -0.25) is 0 Å². The van der Waals surface area contributed by atoms with Crippen molar-refractivity contribution in [3.63, 3.8) is 0 Å². The SMILES string of the molecule is COC1C[C@H]2[C@@H]3CCC(O)C3(C)CC[C@@H]2[C@@]2(C)CCC3CC312. The minimum atomic E-state index is -0.0552. The van der Waals surface area contributed by atoms with Crippen LogP contribution in [0.5, 0.6) is 0 Å². The number of hydrogen-bond acceptors (Lipinski definition) is 2. The molecule has 0 bridgehead atoms. The zero-order chi connectivity index (χ0) is 15.3. The molecule has 0 radical (unpaired) electrons. The van der Waals surface area contributed by atoms with Crippen molar-refractivity contribution in [2.75, 3.05) is 7.11 Å². The Hall–Kier alpha value is -0.0800. The van der Waals surface area contributed by atoms with Crippen LogP contribution in [0.1, 0.15) is 65.2 Å². The van der Waals surface area contributed by atoms with Gasteiger partial charge in [0.05, 0.1) is 12.2 Å². The fraction of sp³-hybridized carbons (Fsp3) is 1.00. The topological polar surface area (TPSA) is 29.5 Å². The predicted octanol–water partition coefficient (Wildman–Crippen LogP) is 4.01. The van der Waals surface area contributed by atoms with Crippen LogP contribution in [0.3, 0.4) is 0 Å². The molecule has 2 heteroatoms. The van der Waals surface area contributed by atoms with Crippen molar-refractivity contribution in [1.29, 1.82) is 0 Å². The molecule has 9 atom stereocenters. The van der Waals surface area contributed by atoms with Crippen LogP contribution < -0.4 is 0 Å². The summed E-state index contributed by atoms with van der Waals surface area (Å²) in [5.74, 6) is 3.40. The largest absolute Gasteiger partial charge is 0.393 e. The number of fused-ring (bicyclic) bond motifs is 4. The summed E-state index contributed by atoms with van der Waals surface area (Å²) in [7, 11) is 1.96. The summed E-state index contributed by atoms with van der Waals surface area (Å²) in [4.78, 5) is 0. The van der Waals surface area contributed by atoms with Crippen LogP contribution in [0.25, 0.3) is 0 Å². The van der Waals surface area contributed by atoms with Gasteiger partial charge in [0.25, 0.3) is 0 Å². The van der Waals surface area contributed by atoms with E-state index in [1.165, 1.54) is 44.9 Å². The Labute approximate surface area is 135 Å². The Morgan fingerprint density at radius 1 is 1.00 bits per heavy atom. The summed E-state index contributed by atoms with van der Waals surface area (Å²) in [6, 6.07) is 0. The zero-order valence-corrected chi connectivity index (χ0v) is 14.5. The molecule has 5 unspecified atom stereocenters. The molecule has 1 spiro atoms. The molecule has 5 aliphatic carbocycles. The minimum absolute atomic E-state index is 0.0552. The fourth-order valence-corrected chi connectivity index (χ4v) is 8.55. The highest BCUT2D eigenvalue weighted by Crippen LogP contribution is 2.81. The smallest absolute Gasteiger partial charge is 0.0638 e. The maximum absolute atomic E-state index is 10.6. The third-order valence-corrected chi connectivity index (χ3v) is 9.78. The Morgan fingerprint density at radius 3 is 2.55 bits per heavy atom. The number of ether oxygens (including phenoxy) is 1. The lowest BCUT2D eigenvalue weighted by Crippen LogP contribution is -2.57. The lowest BCUT2D eigenvalue weighted by molar-refractivity contribution is -0.163. The molecule has 0 aromatic heterocycles. The molecule has 5 rings (SSSR count). The standard InChI is InChI=1S/C20H32O2/c1-18-8-7-15-13(14(18)4-5-16(18)21)10-17(22-3)20-11-12(20)6-9-19(15,20)2/h12-17,21H,4-11H2,1-3H3/t12?,13-,14-,15-,16?,17?,18?,19+,20?/m0/s1. The van der Waals surface area contributed by atoms with E-state index in [1.807, 2.05) is 7.11 Å². The first-order valence-electron chi connectivity index (χ1n) is 9.68. The summed E-state index contributed by atoms with van der Waals surface area (Å²) < 4.78 is 6.11. The van der Waals surface area contributed by atoms with Gasteiger partial charge >= 0.3 is 0 Å². The third kappa shape index (κ3) is 1.34. The molecule has 2 nitrogen and oxygen atoms in total. The number of aliphatic hydroxyl groups is 1. The van der Waals surface area contributed by atoms with Gasteiger partial charge in [-0.25, -0.2) is 0 Å². The quantitative estimate of drug-likeness (QED) is 0.793. The molecule has 22 heavy (non-hydrogen) atoms. The van der Waals surface area contributed by atoms with Gasteiger partial charge in [0.1, 0.15) is 0 Å². The molecule has 0 aliphatic heterocycles. The number of methoxy groups -OCH3 is 1. The van der Waals surface area contributed by atoms with Crippen LogP contribution in [-0.2, 0) is 4.74 Å². The molecule has 5 saturated carbocycles. The van der Waals surface area contributed by atoms with Gasteiger partial charge in [-0.15, -0.1) is 0 Å². The van der Waals surface area contributed by atoms with Crippen LogP contribution in [0, 0.1) is 39.9 Å². The molecule has 0 aromatic rings. The van der Waals surface area contributed by atoms with E-state index in [0.717, 1.165) is 30.1 Å². The van der Waals surface area contributed by atoms with Crippen LogP contribution in [0.2, 0.25) is 0 Å². The average molecular weight is 304 g/mol. The molecule has 5 fully saturated rings. The molecular weight excluding hydrogens is 272 g/mol. The van der Waals surface area contributed by atoms with Crippen LogP contribution in [0.15, 0.2) is 0 Å². The highest BCUT2D eigenvalue weighted by molar-refractivity contribution is 5.25. The van der Waals surface area contributed by atoms with E-state index in [4.69, 9.17) is 4.74 Å². The summed E-state index contributed by atoms with van der Waals surface area (Å²) in [6.45, 7) is 5.01. The van der Waals surface area contributed by atoms with Crippen molar-refractivity contribution < 1.29 is 9.84 Å². The Bertz CT molecular complexity index is 504. The minimum Gasteiger partial charge on any atom is -0.393 e. The summed E-state index contributed by atoms with van der Waals surface area (Å²) in [5, 5.41) is 10.6. The highest BCUT2D eigenvalue weighted by atomic mass is 16.5. The summed E-state index contributed by atoms with van der Waals surface area (Å²) >= 11 is 0. The number of aliphatic hydroxyl groups excluding tert-OH is 1. The Kier molecular flexibility index (Phi) is 2.67. The second-order valence-corrected chi connectivity index (χ2v) is 9.87. The lowest BCUT2D eigenvalue weighted by atomic mass is 9.46. The van der Waals surface area contributed by atoms with Crippen molar-refractivity contribution >= 4 is 0 Å². The Morgan fingerprint density at radius 2 is 1.82 bits per heavy atom. The van der Waals surface area contributed by atoms with Gasteiger partial charge in [0, 0.05) is 12.5 Å².